The largest absolute Gasteiger partial charge is 0.340 e. The van der Waals surface area contributed by atoms with E-state index in [1.54, 1.807) is 0 Å². The van der Waals surface area contributed by atoms with Gasteiger partial charge in [0.2, 0.25) is 5.91 Å². The van der Waals surface area contributed by atoms with Crippen molar-refractivity contribution < 1.29 is 4.79 Å². The standard InChI is InChI=1S/C10H20N2OS/c1-3-14-8-4-6-12-7-5-11-9(2)10(12)13/h9,11H,3-8H2,1-2H3. The maximum Gasteiger partial charge on any atom is 0.239 e. The van der Waals surface area contributed by atoms with E-state index < -0.39 is 0 Å². The van der Waals surface area contributed by atoms with Crippen LogP contribution >= 0.6 is 11.8 Å². The zero-order valence-electron chi connectivity index (χ0n) is 9.08. The lowest BCUT2D eigenvalue weighted by Crippen LogP contribution is -2.53. The van der Waals surface area contributed by atoms with Crippen molar-refractivity contribution in [2.75, 3.05) is 31.1 Å². The summed E-state index contributed by atoms with van der Waals surface area (Å²) >= 11 is 1.95. The predicted molar refractivity (Wildman–Crippen MR) is 61.7 cm³/mol. The average molecular weight is 216 g/mol. The van der Waals surface area contributed by atoms with Gasteiger partial charge in [-0.2, -0.15) is 11.8 Å². The van der Waals surface area contributed by atoms with Crippen LogP contribution in [0.3, 0.4) is 0 Å². The second kappa shape index (κ2) is 6.30. The molecule has 0 aromatic heterocycles. The highest BCUT2D eigenvalue weighted by molar-refractivity contribution is 7.99. The van der Waals surface area contributed by atoms with Crippen molar-refractivity contribution in [3.63, 3.8) is 0 Å². The molecule has 1 aliphatic rings. The lowest BCUT2D eigenvalue weighted by Gasteiger charge is -2.31. The third-order valence-electron chi connectivity index (χ3n) is 2.44. The summed E-state index contributed by atoms with van der Waals surface area (Å²) in [5, 5.41) is 3.17. The summed E-state index contributed by atoms with van der Waals surface area (Å²) in [5.41, 5.74) is 0. The van der Waals surface area contributed by atoms with E-state index in [2.05, 4.69) is 12.2 Å². The number of nitrogens with zero attached hydrogens (tertiary/aromatic N) is 1. The van der Waals surface area contributed by atoms with E-state index in [1.807, 2.05) is 23.6 Å². The van der Waals surface area contributed by atoms with Crippen molar-refractivity contribution in [1.82, 2.24) is 10.2 Å². The van der Waals surface area contributed by atoms with Crippen LogP contribution in [0, 0.1) is 0 Å². The van der Waals surface area contributed by atoms with E-state index in [0.29, 0.717) is 0 Å². The molecule has 0 saturated carbocycles. The number of thioether (sulfide) groups is 1. The molecule has 82 valence electrons. The third-order valence-corrected chi connectivity index (χ3v) is 3.42. The molecule has 1 aliphatic heterocycles. The quantitative estimate of drug-likeness (QED) is 0.695. The Morgan fingerprint density at radius 1 is 1.64 bits per heavy atom. The van der Waals surface area contributed by atoms with Gasteiger partial charge in [-0.25, -0.2) is 0 Å². The van der Waals surface area contributed by atoms with Gasteiger partial charge in [-0.1, -0.05) is 6.92 Å². The van der Waals surface area contributed by atoms with Gasteiger partial charge >= 0.3 is 0 Å². The van der Waals surface area contributed by atoms with Gasteiger partial charge in [0.05, 0.1) is 6.04 Å². The Labute approximate surface area is 90.6 Å². The van der Waals surface area contributed by atoms with Gasteiger partial charge in [0.1, 0.15) is 0 Å². The first kappa shape index (κ1) is 11.9. The van der Waals surface area contributed by atoms with E-state index >= 15 is 0 Å². The Hall–Kier alpha value is -0.220. The summed E-state index contributed by atoms with van der Waals surface area (Å²) in [7, 11) is 0. The van der Waals surface area contributed by atoms with Gasteiger partial charge in [-0.3, -0.25) is 4.79 Å². The van der Waals surface area contributed by atoms with Crippen LogP contribution in [-0.4, -0.2) is 48.0 Å². The number of hydrogen-bond donors (Lipinski definition) is 1. The normalized spacial score (nSPS) is 22.9. The number of carbonyl (C=O) groups is 1. The summed E-state index contributed by atoms with van der Waals surface area (Å²) in [4.78, 5) is 13.6. The van der Waals surface area contributed by atoms with Gasteiger partial charge in [-0.15, -0.1) is 0 Å². The van der Waals surface area contributed by atoms with E-state index in [4.69, 9.17) is 0 Å². The minimum absolute atomic E-state index is 0.0163. The predicted octanol–water partition coefficient (Wildman–Crippen LogP) is 0.950. The second-order valence-corrected chi connectivity index (χ2v) is 4.95. The SMILES string of the molecule is CCSCCCN1CCNC(C)C1=O. The monoisotopic (exact) mass is 216 g/mol. The highest BCUT2D eigenvalue weighted by Crippen LogP contribution is 2.05. The molecule has 1 heterocycles. The first-order valence-electron chi connectivity index (χ1n) is 5.35. The molecule has 3 nitrogen and oxygen atoms in total. The minimum Gasteiger partial charge on any atom is -0.340 e. The third kappa shape index (κ3) is 3.50. The van der Waals surface area contributed by atoms with Crippen LogP contribution in [0.25, 0.3) is 0 Å². The van der Waals surface area contributed by atoms with Crippen molar-refractivity contribution >= 4 is 17.7 Å². The fraction of sp³-hybridized carbons (Fsp3) is 0.900. The van der Waals surface area contributed by atoms with Crippen LogP contribution < -0.4 is 5.32 Å². The molecular formula is C10H20N2OS. The zero-order valence-corrected chi connectivity index (χ0v) is 9.90. The molecule has 0 spiro atoms. The van der Waals surface area contributed by atoms with E-state index in [1.165, 1.54) is 11.5 Å². The Morgan fingerprint density at radius 2 is 2.43 bits per heavy atom. The van der Waals surface area contributed by atoms with Crippen LogP contribution in [-0.2, 0) is 4.79 Å². The fourth-order valence-corrected chi connectivity index (χ4v) is 2.23. The Balaban J connectivity index is 2.19. The minimum atomic E-state index is 0.0163. The van der Waals surface area contributed by atoms with Gasteiger partial charge < -0.3 is 10.2 Å². The molecule has 0 radical (unpaired) electrons. The maximum absolute atomic E-state index is 11.6. The lowest BCUT2D eigenvalue weighted by atomic mass is 10.2. The van der Waals surface area contributed by atoms with Crippen molar-refractivity contribution in [1.29, 1.82) is 0 Å². The van der Waals surface area contributed by atoms with Crippen molar-refractivity contribution in [2.45, 2.75) is 26.3 Å². The first-order valence-corrected chi connectivity index (χ1v) is 6.51. The second-order valence-electron chi connectivity index (χ2n) is 3.55. The van der Waals surface area contributed by atoms with Crippen LogP contribution in [0.4, 0.5) is 0 Å². The molecule has 0 bridgehead atoms. The Bertz CT molecular complexity index is 187. The molecule has 1 rings (SSSR count). The lowest BCUT2D eigenvalue weighted by molar-refractivity contribution is -0.135. The highest BCUT2D eigenvalue weighted by Gasteiger charge is 2.23. The zero-order chi connectivity index (χ0) is 10.4. The molecule has 0 aromatic carbocycles. The van der Waals surface area contributed by atoms with Crippen molar-refractivity contribution in [3.05, 3.63) is 0 Å². The van der Waals surface area contributed by atoms with E-state index in [0.717, 1.165) is 26.1 Å². The summed E-state index contributed by atoms with van der Waals surface area (Å²) < 4.78 is 0. The van der Waals surface area contributed by atoms with Gasteiger partial charge in [0.25, 0.3) is 0 Å². The molecule has 0 aromatic rings. The molecule has 1 atom stereocenters. The van der Waals surface area contributed by atoms with E-state index in [-0.39, 0.29) is 11.9 Å². The number of amides is 1. The smallest absolute Gasteiger partial charge is 0.239 e. The van der Waals surface area contributed by atoms with Crippen LogP contribution in [0.15, 0.2) is 0 Å². The molecule has 1 N–H and O–H groups in total. The number of nitrogens with one attached hydrogen (secondary N) is 1. The molecule has 4 heteroatoms. The Kier molecular flexibility index (Phi) is 5.33. The van der Waals surface area contributed by atoms with Crippen LogP contribution in [0.2, 0.25) is 0 Å². The summed E-state index contributed by atoms with van der Waals surface area (Å²) in [6.07, 6.45) is 1.12. The molecule has 1 saturated heterocycles. The molecule has 1 amide bonds. The fourth-order valence-electron chi connectivity index (χ4n) is 1.61. The number of hydrogen-bond acceptors (Lipinski definition) is 3. The number of carbonyl (C=O) groups excluding carboxylic acids is 1. The molecule has 14 heavy (non-hydrogen) atoms. The first-order chi connectivity index (χ1) is 6.75. The average Bonchev–Trinajstić information content (AvgIpc) is 2.19. The molecule has 0 aliphatic carbocycles. The molecule has 1 fully saturated rings. The summed E-state index contributed by atoms with van der Waals surface area (Å²) in [6.45, 7) is 6.85. The van der Waals surface area contributed by atoms with Gasteiger partial charge in [0, 0.05) is 19.6 Å². The van der Waals surface area contributed by atoms with Crippen LogP contribution in [0.1, 0.15) is 20.3 Å². The van der Waals surface area contributed by atoms with Crippen molar-refractivity contribution in [2.24, 2.45) is 0 Å². The number of piperazine rings is 1. The van der Waals surface area contributed by atoms with Gasteiger partial charge in [-0.05, 0) is 24.9 Å². The van der Waals surface area contributed by atoms with Crippen LogP contribution in [0.5, 0.6) is 0 Å². The van der Waals surface area contributed by atoms with Gasteiger partial charge in [0.15, 0.2) is 0 Å². The summed E-state index contributed by atoms with van der Waals surface area (Å²) in [6, 6.07) is 0.0163. The Morgan fingerprint density at radius 3 is 3.14 bits per heavy atom. The highest BCUT2D eigenvalue weighted by atomic mass is 32.2. The van der Waals surface area contributed by atoms with E-state index in [9.17, 15) is 4.79 Å². The molecule has 1 unspecified atom stereocenters. The van der Waals surface area contributed by atoms with Crippen molar-refractivity contribution in [3.8, 4) is 0 Å². The molecular weight excluding hydrogens is 196 g/mol. The maximum atomic E-state index is 11.6. The number of rotatable bonds is 5. The topological polar surface area (TPSA) is 32.3 Å². The summed E-state index contributed by atoms with van der Waals surface area (Å²) in [5.74, 6) is 2.60.